The number of benzene rings is 1. The number of ether oxygens (including phenoxy) is 1. The van der Waals surface area contributed by atoms with Crippen molar-refractivity contribution in [3.8, 4) is 5.75 Å². The Morgan fingerprint density at radius 1 is 1.35 bits per heavy atom. The van der Waals surface area contributed by atoms with Gasteiger partial charge in [0, 0.05) is 24.0 Å². The summed E-state index contributed by atoms with van der Waals surface area (Å²) in [5, 5.41) is 19.8. The molecule has 2 N–H and O–H groups in total. The minimum Gasteiger partial charge on any atom is -0.508 e. The number of carbonyl (C=O) groups excluding carboxylic acids is 1. The molecule has 1 aliphatic rings. The first-order valence-electron chi connectivity index (χ1n) is 7.25. The molecule has 0 radical (unpaired) electrons. The van der Waals surface area contributed by atoms with Crippen LogP contribution < -0.4 is 0 Å². The highest BCUT2D eigenvalue weighted by molar-refractivity contribution is 5.83. The topological polar surface area (TPSA) is 66.8 Å². The Morgan fingerprint density at radius 2 is 2.04 bits per heavy atom. The van der Waals surface area contributed by atoms with Gasteiger partial charge in [-0.25, -0.2) is 0 Å². The van der Waals surface area contributed by atoms with Crippen molar-refractivity contribution in [1.82, 2.24) is 0 Å². The summed E-state index contributed by atoms with van der Waals surface area (Å²) in [5.41, 5.74) is 2.57. The van der Waals surface area contributed by atoms with Gasteiger partial charge in [0.1, 0.15) is 23.1 Å². The van der Waals surface area contributed by atoms with E-state index in [-0.39, 0.29) is 35.9 Å². The summed E-state index contributed by atoms with van der Waals surface area (Å²) in [6.45, 7) is 13.2. The molecule has 0 amide bonds. The Balaban J connectivity index is 2.22. The number of phenolic OH excluding ortho intramolecular Hbond substituents is 1. The molecule has 0 aromatic heterocycles. The summed E-state index contributed by atoms with van der Waals surface area (Å²) in [6, 6.07) is 3.33. The van der Waals surface area contributed by atoms with Gasteiger partial charge in [-0.05, 0) is 30.2 Å². The number of allylic oxidation sites excluding steroid dienone is 1. The van der Waals surface area contributed by atoms with Crippen LogP contribution in [0.1, 0.15) is 29.5 Å². The lowest BCUT2D eigenvalue weighted by Gasteiger charge is -2.22. The molecule has 0 aliphatic heterocycles. The Bertz CT molecular complexity index is 725. The van der Waals surface area contributed by atoms with Crippen LogP contribution in [0.2, 0.25) is 0 Å². The molecule has 1 aliphatic carbocycles. The summed E-state index contributed by atoms with van der Waals surface area (Å²) in [5.74, 6) is 0.629. The highest BCUT2D eigenvalue weighted by Crippen LogP contribution is 2.31. The Morgan fingerprint density at radius 3 is 2.65 bits per heavy atom. The lowest BCUT2D eigenvalue weighted by molar-refractivity contribution is -0.120. The maximum Gasteiger partial charge on any atom is 0.139 e. The van der Waals surface area contributed by atoms with Gasteiger partial charge in [-0.3, -0.25) is 4.79 Å². The fourth-order valence-corrected chi connectivity index (χ4v) is 2.46. The second-order valence-corrected chi connectivity index (χ2v) is 5.50. The van der Waals surface area contributed by atoms with E-state index in [2.05, 4.69) is 19.7 Å². The third-order valence-corrected chi connectivity index (χ3v) is 3.79. The van der Waals surface area contributed by atoms with Crippen LogP contribution >= 0.6 is 0 Å². The van der Waals surface area contributed by atoms with Crippen LogP contribution in [0, 0.1) is 6.92 Å². The van der Waals surface area contributed by atoms with Gasteiger partial charge in [0.15, 0.2) is 0 Å². The lowest BCUT2D eigenvalue weighted by atomic mass is 9.94. The fraction of sp³-hybridized carbons (Fsp3) is 0.211. The summed E-state index contributed by atoms with van der Waals surface area (Å²) >= 11 is 0. The lowest BCUT2D eigenvalue weighted by Crippen LogP contribution is -2.21. The third kappa shape index (κ3) is 3.60. The van der Waals surface area contributed by atoms with Crippen molar-refractivity contribution in [2.24, 2.45) is 0 Å². The van der Waals surface area contributed by atoms with E-state index in [1.165, 1.54) is 0 Å². The van der Waals surface area contributed by atoms with E-state index in [0.29, 0.717) is 11.1 Å². The summed E-state index contributed by atoms with van der Waals surface area (Å²) in [4.78, 5) is 11.3. The van der Waals surface area contributed by atoms with Crippen LogP contribution in [0.15, 0.2) is 49.3 Å². The average Bonchev–Trinajstić information content (AvgIpc) is 2.49. The largest absolute Gasteiger partial charge is 0.508 e. The molecule has 1 aromatic carbocycles. The van der Waals surface area contributed by atoms with Crippen LogP contribution in [0.5, 0.6) is 5.75 Å². The normalized spacial score (nSPS) is 17.4. The number of aromatic hydroxyl groups is 1. The van der Waals surface area contributed by atoms with Crippen molar-refractivity contribution in [1.29, 1.82) is 0 Å². The molecule has 1 atom stereocenters. The number of carbonyl (C=O) groups is 1. The molecule has 4 nitrogen and oxygen atoms in total. The number of ketones is 1. The molecule has 4 heteroatoms. The summed E-state index contributed by atoms with van der Waals surface area (Å²) in [7, 11) is 0. The first-order chi connectivity index (χ1) is 10.8. The quantitative estimate of drug-likeness (QED) is 0.817. The molecule has 23 heavy (non-hydrogen) atoms. The number of aliphatic hydroxyl groups excluding tert-OH is 1. The zero-order valence-corrected chi connectivity index (χ0v) is 13.1. The SMILES string of the molecule is C=Cc1cc(C)c(O)cc1C(=C)OC(=C)C1=CCC(=O)CC1O. The van der Waals surface area contributed by atoms with E-state index in [9.17, 15) is 15.0 Å². The molecular formula is C19H20O4. The van der Waals surface area contributed by atoms with Crippen molar-refractivity contribution in [2.45, 2.75) is 25.9 Å². The third-order valence-electron chi connectivity index (χ3n) is 3.79. The van der Waals surface area contributed by atoms with Crippen LogP contribution in [0.25, 0.3) is 11.8 Å². The first-order valence-corrected chi connectivity index (χ1v) is 7.25. The van der Waals surface area contributed by atoms with Gasteiger partial charge in [-0.1, -0.05) is 31.9 Å². The highest BCUT2D eigenvalue weighted by Gasteiger charge is 2.23. The molecule has 0 saturated carbocycles. The Labute approximate surface area is 135 Å². The van der Waals surface area contributed by atoms with Crippen LogP contribution in [-0.2, 0) is 9.53 Å². The second-order valence-electron chi connectivity index (χ2n) is 5.50. The molecule has 0 spiro atoms. The van der Waals surface area contributed by atoms with E-state index in [4.69, 9.17) is 4.74 Å². The predicted molar refractivity (Wildman–Crippen MR) is 90.5 cm³/mol. The molecular weight excluding hydrogens is 292 g/mol. The maximum absolute atomic E-state index is 11.3. The van der Waals surface area contributed by atoms with E-state index in [0.717, 1.165) is 11.1 Å². The van der Waals surface area contributed by atoms with E-state index >= 15 is 0 Å². The standard InChI is InChI=1S/C19H20O4/c1-5-14-8-11(2)18(21)10-17(14)13(4)23-12(3)16-7-6-15(20)9-19(16)22/h5,7-8,10,19,21-22H,1,3-4,6,9H2,2H3. The second kappa shape index (κ2) is 6.67. The molecule has 0 heterocycles. The Kier molecular flexibility index (Phi) is 4.86. The van der Waals surface area contributed by atoms with E-state index in [1.807, 2.05) is 0 Å². The maximum atomic E-state index is 11.3. The molecule has 0 saturated heterocycles. The molecule has 0 fully saturated rings. The molecule has 2 rings (SSSR count). The van der Waals surface area contributed by atoms with Crippen LogP contribution in [-0.4, -0.2) is 22.1 Å². The van der Waals surface area contributed by atoms with Gasteiger partial charge in [0.05, 0.1) is 6.10 Å². The number of aryl methyl sites for hydroxylation is 1. The molecule has 120 valence electrons. The van der Waals surface area contributed by atoms with Crippen molar-refractivity contribution in [3.63, 3.8) is 0 Å². The van der Waals surface area contributed by atoms with Gasteiger partial charge in [0.25, 0.3) is 0 Å². The minimum atomic E-state index is -0.915. The van der Waals surface area contributed by atoms with Crippen molar-refractivity contribution in [3.05, 3.63) is 66.0 Å². The van der Waals surface area contributed by atoms with Crippen LogP contribution in [0.4, 0.5) is 0 Å². The van der Waals surface area contributed by atoms with Crippen LogP contribution in [0.3, 0.4) is 0 Å². The summed E-state index contributed by atoms with van der Waals surface area (Å²) in [6.07, 6.45) is 2.66. The van der Waals surface area contributed by atoms with Gasteiger partial charge in [-0.15, -0.1) is 0 Å². The van der Waals surface area contributed by atoms with Gasteiger partial charge in [0.2, 0.25) is 0 Å². The van der Waals surface area contributed by atoms with Crippen molar-refractivity contribution < 1.29 is 19.7 Å². The first kappa shape index (κ1) is 16.8. The zero-order chi connectivity index (χ0) is 17.1. The predicted octanol–water partition coefficient (Wildman–Crippen LogP) is 3.49. The number of aliphatic hydroxyl groups is 1. The minimum absolute atomic E-state index is 0.0229. The highest BCUT2D eigenvalue weighted by atomic mass is 16.5. The molecule has 0 bridgehead atoms. The average molecular weight is 312 g/mol. The van der Waals surface area contributed by atoms with Crippen molar-refractivity contribution >= 4 is 17.6 Å². The monoisotopic (exact) mass is 312 g/mol. The van der Waals surface area contributed by atoms with Gasteiger partial charge >= 0.3 is 0 Å². The fourth-order valence-electron chi connectivity index (χ4n) is 2.46. The number of phenols is 1. The molecule has 1 unspecified atom stereocenters. The molecule has 1 aromatic rings. The zero-order valence-electron chi connectivity index (χ0n) is 13.1. The number of rotatable bonds is 5. The Hall–Kier alpha value is -2.59. The summed E-state index contributed by atoms with van der Waals surface area (Å²) < 4.78 is 5.63. The van der Waals surface area contributed by atoms with E-state index < -0.39 is 6.10 Å². The number of hydrogen-bond donors (Lipinski definition) is 2. The van der Waals surface area contributed by atoms with Gasteiger partial charge in [-0.2, -0.15) is 0 Å². The smallest absolute Gasteiger partial charge is 0.139 e. The number of hydrogen-bond acceptors (Lipinski definition) is 4. The van der Waals surface area contributed by atoms with Crippen molar-refractivity contribution in [2.75, 3.05) is 0 Å². The van der Waals surface area contributed by atoms with Gasteiger partial charge < -0.3 is 14.9 Å². The van der Waals surface area contributed by atoms with E-state index in [1.54, 1.807) is 31.2 Å². The number of Topliss-reactive ketones (excluding diaryl/α,β-unsaturated/α-hetero) is 1.